The van der Waals surface area contributed by atoms with Gasteiger partial charge in [0.05, 0.1) is 0 Å². The summed E-state index contributed by atoms with van der Waals surface area (Å²) in [5.41, 5.74) is 0. The van der Waals surface area contributed by atoms with Crippen LogP contribution in [0, 0.1) is 0 Å². The quantitative estimate of drug-likeness (QED) is 0.810. The molecule has 0 aliphatic heterocycles. The smallest absolute Gasteiger partial charge is 0.263 e. The second-order valence-corrected chi connectivity index (χ2v) is 4.16. The van der Waals surface area contributed by atoms with Gasteiger partial charge in [0, 0.05) is 18.1 Å². The third-order valence-electron chi connectivity index (χ3n) is 2.53. The monoisotopic (exact) mass is 255 g/mol. The Hall–Kier alpha value is -1.22. The second-order valence-electron chi connectivity index (χ2n) is 3.73. The summed E-state index contributed by atoms with van der Waals surface area (Å²) in [4.78, 5) is 13.7. The maximum atomic E-state index is 12.0. The molecule has 0 bridgehead atoms. The molecule has 17 heavy (non-hydrogen) atoms. The summed E-state index contributed by atoms with van der Waals surface area (Å²) in [7, 11) is 0. The minimum Gasteiger partial charge on any atom is -0.481 e. The molecule has 0 aliphatic carbocycles. The van der Waals surface area contributed by atoms with Gasteiger partial charge in [-0.05, 0) is 39.0 Å². The van der Waals surface area contributed by atoms with Crippen LogP contribution < -0.4 is 4.74 Å². The van der Waals surface area contributed by atoms with Gasteiger partial charge in [-0.15, -0.1) is 0 Å². The first-order chi connectivity index (χ1) is 8.08. The average Bonchev–Trinajstić information content (AvgIpc) is 2.30. The van der Waals surface area contributed by atoms with Crippen molar-refractivity contribution in [3.8, 4) is 5.75 Å². The highest BCUT2D eigenvalue weighted by atomic mass is 35.5. The topological polar surface area (TPSA) is 29.5 Å². The fourth-order valence-electron chi connectivity index (χ4n) is 1.59. The molecule has 4 heteroatoms. The number of nitrogens with zero attached hydrogens (tertiary/aromatic N) is 1. The molecule has 1 aromatic rings. The summed E-state index contributed by atoms with van der Waals surface area (Å²) in [6.07, 6.45) is -0.492. The van der Waals surface area contributed by atoms with Crippen molar-refractivity contribution in [2.24, 2.45) is 0 Å². The Bertz CT molecular complexity index is 377. The van der Waals surface area contributed by atoms with Gasteiger partial charge in [-0.3, -0.25) is 4.79 Å². The zero-order chi connectivity index (χ0) is 12.8. The standard InChI is InChI=1S/C13H18ClNO2/c1-4-15(5-2)13(16)10(3)17-12-8-6-7-11(14)9-12/h6-10H,4-5H2,1-3H3/t10-/m0/s1. The normalized spacial score (nSPS) is 12.0. The third-order valence-corrected chi connectivity index (χ3v) is 2.77. The number of likely N-dealkylation sites (N-methyl/N-ethyl adjacent to an activating group) is 1. The van der Waals surface area contributed by atoms with Crippen LogP contribution in [-0.2, 0) is 4.79 Å². The van der Waals surface area contributed by atoms with Gasteiger partial charge in [-0.1, -0.05) is 17.7 Å². The maximum absolute atomic E-state index is 12.0. The number of benzene rings is 1. The van der Waals surface area contributed by atoms with Crippen LogP contribution >= 0.6 is 11.6 Å². The number of amides is 1. The molecule has 0 fully saturated rings. The lowest BCUT2D eigenvalue weighted by molar-refractivity contribution is -0.137. The Morgan fingerprint density at radius 1 is 1.41 bits per heavy atom. The predicted molar refractivity (Wildman–Crippen MR) is 69.5 cm³/mol. The number of ether oxygens (including phenoxy) is 1. The van der Waals surface area contributed by atoms with E-state index in [2.05, 4.69) is 0 Å². The van der Waals surface area contributed by atoms with Gasteiger partial charge in [0.1, 0.15) is 5.75 Å². The molecule has 0 saturated carbocycles. The molecule has 0 aliphatic rings. The largest absolute Gasteiger partial charge is 0.481 e. The number of halogens is 1. The molecule has 0 radical (unpaired) electrons. The van der Waals surface area contributed by atoms with Crippen LogP contribution in [0.2, 0.25) is 5.02 Å². The highest BCUT2D eigenvalue weighted by molar-refractivity contribution is 6.30. The van der Waals surface area contributed by atoms with Crippen molar-refractivity contribution in [2.45, 2.75) is 26.9 Å². The van der Waals surface area contributed by atoms with Crippen LogP contribution in [0.25, 0.3) is 0 Å². The Morgan fingerprint density at radius 2 is 2.06 bits per heavy atom. The minimum absolute atomic E-state index is 0.00465. The summed E-state index contributed by atoms with van der Waals surface area (Å²) in [5.74, 6) is 0.612. The van der Waals surface area contributed by atoms with E-state index in [0.717, 1.165) is 0 Å². The van der Waals surface area contributed by atoms with Crippen LogP contribution in [-0.4, -0.2) is 30.0 Å². The van der Waals surface area contributed by atoms with Gasteiger partial charge in [-0.25, -0.2) is 0 Å². The lowest BCUT2D eigenvalue weighted by Gasteiger charge is -2.23. The third kappa shape index (κ3) is 3.93. The van der Waals surface area contributed by atoms with E-state index in [4.69, 9.17) is 16.3 Å². The zero-order valence-corrected chi connectivity index (χ0v) is 11.2. The maximum Gasteiger partial charge on any atom is 0.263 e. The van der Waals surface area contributed by atoms with E-state index in [-0.39, 0.29) is 5.91 Å². The first kappa shape index (κ1) is 13.8. The van der Waals surface area contributed by atoms with Crippen molar-refractivity contribution in [2.75, 3.05) is 13.1 Å². The average molecular weight is 256 g/mol. The van der Waals surface area contributed by atoms with E-state index in [1.165, 1.54) is 0 Å². The molecule has 0 saturated heterocycles. The summed E-state index contributed by atoms with van der Waals surface area (Å²) in [6, 6.07) is 7.06. The van der Waals surface area contributed by atoms with Crippen molar-refractivity contribution in [3.63, 3.8) is 0 Å². The van der Waals surface area contributed by atoms with Gasteiger partial charge in [0.2, 0.25) is 0 Å². The van der Waals surface area contributed by atoms with Crippen LogP contribution in [0.15, 0.2) is 24.3 Å². The van der Waals surface area contributed by atoms with E-state index in [1.54, 1.807) is 36.1 Å². The second kappa shape index (κ2) is 6.50. The minimum atomic E-state index is -0.492. The first-order valence-electron chi connectivity index (χ1n) is 5.79. The van der Waals surface area contributed by atoms with E-state index in [0.29, 0.717) is 23.9 Å². The van der Waals surface area contributed by atoms with Gasteiger partial charge in [0.15, 0.2) is 6.10 Å². The van der Waals surface area contributed by atoms with Crippen LogP contribution in [0.1, 0.15) is 20.8 Å². The molecule has 1 amide bonds. The summed E-state index contributed by atoms with van der Waals surface area (Å²) < 4.78 is 5.57. The van der Waals surface area contributed by atoms with Gasteiger partial charge in [0.25, 0.3) is 5.91 Å². The Labute approximate surface area is 107 Å². The predicted octanol–water partition coefficient (Wildman–Crippen LogP) is 2.98. The SMILES string of the molecule is CCN(CC)C(=O)[C@H](C)Oc1cccc(Cl)c1. The first-order valence-corrected chi connectivity index (χ1v) is 6.17. The van der Waals surface area contributed by atoms with Crippen LogP contribution in [0.4, 0.5) is 0 Å². The van der Waals surface area contributed by atoms with Crippen molar-refractivity contribution < 1.29 is 9.53 Å². The molecule has 1 atom stereocenters. The summed E-state index contributed by atoms with van der Waals surface area (Å²) >= 11 is 5.85. The van der Waals surface area contributed by atoms with E-state index in [1.807, 2.05) is 13.8 Å². The highest BCUT2D eigenvalue weighted by Gasteiger charge is 2.19. The molecule has 94 valence electrons. The number of hydrogen-bond acceptors (Lipinski definition) is 2. The van der Waals surface area contributed by atoms with E-state index in [9.17, 15) is 4.79 Å². The van der Waals surface area contributed by atoms with Crippen molar-refractivity contribution in [1.29, 1.82) is 0 Å². The van der Waals surface area contributed by atoms with E-state index >= 15 is 0 Å². The molecular formula is C13H18ClNO2. The lowest BCUT2D eigenvalue weighted by Crippen LogP contribution is -2.40. The molecule has 1 aromatic carbocycles. The summed E-state index contributed by atoms with van der Waals surface area (Å²) in [6.45, 7) is 7.04. The Morgan fingerprint density at radius 3 is 2.59 bits per heavy atom. The number of rotatable bonds is 5. The molecule has 0 N–H and O–H groups in total. The molecule has 3 nitrogen and oxygen atoms in total. The van der Waals surface area contributed by atoms with Crippen molar-refractivity contribution in [1.82, 2.24) is 4.90 Å². The molecule has 0 unspecified atom stereocenters. The van der Waals surface area contributed by atoms with Crippen LogP contribution in [0.3, 0.4) is 0 Å². The molecule has 0 aromatic heterocycles. The highest BCUT2D eigenvalue weighted by Crippen LogP contribution is 2.18. The molecular weight excluding hydrogens is 238 g/mol. The van der Waals surface area contributed by atoms with E-state index < -0.39 is 6.10 Å². The molecule has 0 spiro atoms. The summed E-state index contributed by atoms with van der Waals surface area (Å²) in [5, 5.41) is 0.602. The van der Waals surface area contributed by atoms with Crippen molar-refractivity contribution in [3.05, 3.63) is 29.3 Å². The lowest BCUT2D eigenvalue weighted by atomic mass is 10.3. The number of carbonyl (C=O) groups is 1. The van der Waals surface area contributed by atoms with Crippen molar-refractivity contribution >= 4 is 17.5 Å². The van der Waals surface area contributed by atoms with Gasteiger partial charge >= 0.3 is 0 Å². The van der Waals surface area contributed by atoms with Crippen LogP contribution in [0.5, 0.6) is 5.75 Å². The fourth-order valence-corrected chi connectivity index (χ4v) is 1.77. The fraction of sp³-hybridized carbons (Fsp3) is 0.462. The Balaban J connectivity index is 2.65. The number of hydrogen-bond donors (Lipinski definition) is 0. The van der Waals surface area contributed by atoms with Gasteiger partial charge in [-0.2, -0.15) is 0 Å². The Kier molecular flexibility index (Phi) is 5.29. The molecule has 0 heterocycles. The van der Waals surface area contributed by atoms with Gasteiger partial charge < -0.3 is 9.64 Å². The zero-order valence-electron chi connectivity index (χ0n) is 10.4. The molecule has 1 rings (SSSR count). The number of carbonyl (C=O) groups excluding carboxylic acids is 1.